The van der Waals surface area contributed by atoms with Crippen LogP contribution in [-0.2, 0) is 13.2 Å². The number of fused-ring (bicyclic) bond motifs is 1. The molecule has 80 valence electrons. The van der Waals surface area contributed by atoms with Gasteiger partial charge in [0.2, 0.25) is 5.28 Å². The first-order valence-electron chi connectivity index (χ1n) is 3.94. The van der Waals surface area contributed by atoms with E-state index in [0.717, 1.165) is 12.4 Å². The summed E-state index contributed by atoms with van der Waals surface area (Å²) < 4.78 is 38.9. The van der Waals surface area contributed by atoms with Crippen LogP contribution in [0, 0.1) is 0 Å². The normalized spacial score (nSPS) is 12.3. The number of rotatable bonds is 0. The summed E-state index contributed by atoms with van der Waals surface area (Å²) >= 11 is 5.50. The van der Waals surface area contributed by atoms with E-state index in [1.54, 1.807) is 0 Å². The fourth-order valence-corrected chi connectivity index (χ4v) is 1.49. The standard InChI is InChI=1S/C8H5ClF3N3/c1-15-3-5(8(10,11)12)4-2-13-7(9)14-6(4)15/h2-3H,1H3. The molecule has 15 heavy (non-hydrogen) atoms. The Morgan fingerprint density at radius 1 is 1.40 bits per heavy atom. The van der Waals surface area contributed by atoms with Gasteiger partial charge in [-0.15, -0.1) is 0 Å². The van der Waals surface area contributed by atoms with E-state index in [1.165, 1.54) is 11.6 Å². The number of nitrogens with zero attached hydrogens (tertiary/aromatic N) is 3. The Balaban J connectivity index is 2.79. The van der Waals surface area contributed by atoms with E-state index in [1.807, 2.05) is 0 Å². The van der Waals surface area contributed by atoms with Gasteiger partial charge >= 0.3 is 6.18 Å². The molecule has 0 atom stereocenters. The highest BCUT2D eigenvalue weighted by Crippen LogP contribution is 2.35. The maximum absolute atomic E-state index is 12.5. The van der Waals surface area contributed by atoms with Gasteiger partial charge in [0.15, 0.2) is 0 Å². The Hall–Kier alpha value is -1.30. The largest absolute Gasteiger partial charge is 0.418 e. The predicted octanol–water partition coefficient (Wildman–Crippen LogP) is 2.64. The van der Waals surface area contributed by atoms with Gasteiger partial charge in [0.05, 0.1) is 5.56 Å². The zero-order chi connectivity index (χ0) is 11.2. The smallest absolute Gasteiger partial charge is 0.335 e. The Morgan fingerprint density at radius 3 is 2.67 bits per heavy atom. The van der Waals surface area contributed by atoms with Gasteiger partial charge in [-0.2, -0.15) is 18.2 Å². The zero-order valence-electron chi connectivity index (χ0n) is 7.51. The fourth-order valence-electron chi connectivity index (χ4n) is 1.36. The molecule has 2 aromatic heterocycles. The average molecular weight is 236 g/mol. The second kappa shape index (κ2) is 3.10. The van der Waals surface area contributed by atoms with E-state index in [2.05, 4.69) is 9.97 Å². The molecule has 0 aliphatic heterocycles. The molecule has 3 nitrogen and oxygen atoms in total. The van der Waals surface area contributed by atoms with Crippen molar-refractivity contribution in [1.82, 2.24) is 14.5 Å². The van der Waals surface area contributed by atoms with Crippen molar-refractivity contribution >= 4 is 22.6 Å². The topological polar surface area (TPSA) is 30.7 Å². The van der Waals surface area contributed by atoms with Crippen molar-refractivity contribution in [2.24, 2.45) is 7.05 Å². The third kappa shape index (κ3) is 1.65. The minimum Gasteiger partial charge on any atom is -0.335 e. The lowest BCUT2D eigenvalue weighted by atomic mass is 10.2. The summed E-state index contributed by atoms with van der Waals surface area (Å²) in [7, 11) is 1.47. The van der Waals surface area contributed by atoms with E-state index in [-0.39, 0.29) is 16.3 Å². The van der Waals surface area contributed by atoms with Crippen molar-refractivity contribution < 1.29 is 13.2 Å². The minimum atomic E-state index is -4.41. The molecule has 0 N–H and O–H groups in total. The fraction of sp³-hybridized carbons (Fsp3) is 0.250. The molecular weight excluding hydrogens is 231 g/mol. The number of aromatic nitrogens is 3. The molecule has 0 saturated carbocycles. The molecule has 0 fully saturated rings. The van der Waals surface area contributed by atoms with Crippen LogP contribution in [0.4, 0.5) is 13.2 Å². The molecule has 0 amide bonds. The van der Waals surface area contributed by atoms with Gasteiger partial charge < -0.3 is 4.57 Å². The molecule has 2 rings (SSSR count). The molecule has 0 bridgehead atoms. The molecular formula is C8H5ClF3N3. The third-order valence-corrected chi connectivity index (χ3v) is 2.17. The Bertz CT molecular complexity index is 518. The lowest BCUT2D eigenvalue weighted by molar-refractivity contribution is -0.136. The van der Waals surface area contributed by atoms with Gasteiger partial charge in [-0.05, 0) is 11.6 Å². The van der Waals surface area contributed by atoms with Crippen LogP contribution in [0.2, 0.25) is 5.28 Å². The van der Waals surface area contributed by atoms with Gasteiger partial charge in [-0.3, -0.25) is 0 Å². The Kier molecular flexibility index (Phi) is 2.11. The van der Waals surface area contributed by atoms with E-state index in [4.69, 9.17) is 11.6 Å². The zero-order valence-corrected chi connectivity index (χ0v) is 8.26. The predicted molar refractivity (Wildman–Crippen MR) is 48.5 cm³/mol. The van der Waals surface area contributed by atoms with Crippen LogP contribution >= 0.6 is 11.6 Å². The van der Waals surface area contributed by atoms with Crippen molar-refractivity contribution in [2.45, 2.75) is 6.18 Å². The van der Waals surface area contributed by atoms with Gasteiger partial charge in [-0.25, -0.2) is 4.98 Å². The minimum absolute atomic E-state index is 0.0469. The first-order chi connectivity index (χ1) is 6.89. The average Bonchev–Trinajstić information content (AvgIpc) is 2.43. The summed E-state index contributed by atoms with van der Waals surface area (Å²) in [6.45, 7) is 0. The van der Waals surface area contributed by atoms with Gasteiger partial charge in [0.25, 0.3) is 0 Å². The van der Waals surface area contributed by atoms with Gasteiger partial charge in [0.1, 0.15) is 5.65 Å². The molecule has 0 radical (unpaired) electrons. The summed E-state index contributed by atoms with van der Waals surface area (Å²) in [4.78, 5) is 7.26. The van der Waals surface area contributed by atoms with Crippen LogP contribution in [-0.4, -0.2) is 14.5 Å². The number of alkyl halides is 3. The van der Waals surface area contributed by atoms with Crippen LogP contribution in [0.15, 0.2) is 12.4 Å². The first kappa shape index (κ1) is 10.2. The Morgan fingerprint density at radius 2 is 2.07 bits per heavy atom. The van der Waals surface area contributed by atoms with Gasteiger partial charge in [-0.1, -0.05) is 0 Å². The highest BCUT2D eigenvalue weighted by Gasteiger charge is 2.34. The van der Waals surface area contributed by atoms with Crippen LogP contribution in [0.25, 0.3) is 11.0 Å². The van der Waals surface area contributed by atoms with Crippen LogP contribution in [0.3, 0.4) is 0 Å². The van der Waals surface area contributed by atoms with Crippen molar-refractivity contribution in [3.05, 3.63) is 23.2 Å². The third-order valence-electron chi connectivity index (χ3n) is 1.99. The molecule has 2 heterocycles. The summed E-state index contributed by atoms with van der Waals surface area (Å²) in [5.74, 6) is 0. The molecule has 0 saturated heterocycles. The maximum atomic E-state index is 12.5. The number of aryl methyl sites for hydroxylation is 1. The molecule has 7 heteroatoms. The second-order valence-electron chi connectivity index (χ2n) is 3.03. The summed E-state index contributed by atoms with van der Waals surface area (Å²) in [6.07, 6.45) is -2.36. The van der Waals surface area contributed by atoms with E-state index in [9.17, 15) is 13.2 Å². The van der Waals surface area contributed by atoms with Crippen LogP contribution in [0.1, 0.15) is 5.56 Å². The van der Waals surface area contributed by atoms with Crippen LogP contribution in [0.5, 0.6) is 0 Å². The highest BCUT2D eigenvalue weighted by atomic mass is 35.5. The highest BCUT2D eigenvalue weighted by molar-refractivity contribution is 6.28. The Labute approximate surface area is 87.5 Å². The lowest BCUT2D eigenvalue weighted by Gasteiger charge is -2.02. The molecule has 0 aromatic carbocycles. The SMILES string of the molecule is Cn1cc(C(F)(F)F)c2cnc(Cl)nc21. The van der Waals surface area contributed by atoms with E-state index < -0.39 is 11.7 Å². The molecule has 0 aliphatic rings. The molecule has 2 aromatic rings. The number of hydrogen-bond acceptors (Lipinski definition) is 2. The molecule has 0 spiro atoms. The summed E-state index contributed by atoms with van der Waals surface area (Å²) in [6, 6.07) is 0. The van der Waals surface area contributed by atoms with Crippen LogP contribution < -0.4 is 0 Å². The maximum Gasteiger partial charge on any atom is 0.418 e. The quantitative estimate of drug-likeness (QED) is 0.657. The van der Waals surface area contributed by atoms with E-state index >= 15 is 0 Å². The second-order valence-corrected chi connectivity index (χ2v) is 3.37. The van der Waals surface area contributed by atoms with E-state index in [0.29, 0.717) is 0 Å². The van der Waals surface area contributed by atoms with Crippen molar-refractivity contribution in [3.63, 3.8) is 0 Å². The lowest BCUT2D eigenvalue weighted by Crippen LogP contribution is -2.03. The molecule has 0 unspecified atom stereocenters. The summed E-state index contributed by atoms with van der Waals surface area (Å²) in [5.41, 5.74) is -0.584. The first-order valence-corrected chi connectivity index (χ1v) is 4.32. The van der Waals surface area contributed by atoms with Crippen molar-refractivity contribution in [3.8, 4) is 0 Å². The number of hydrogen-bond donors (Lipinski definition) is 0. The van der Waals surface area contributed by atoms with Crippen molar-refractivity contribution in [2.75, 3.05) is 0 Å². The molecule has 0 aliphatic carbocycles. The van der Waals surface area contributed by atoms with Crippen molar-refractivity contribution in [1.29, 1.82) is 0 Å². The number of halogens is 4. The van der Waals surface area contributed by atoms with Gasteiger partial charge in [0, 0.05) is 24.8 Å². The monoisotopic (exact) mass is 235 g/mol. The summed E-state index contributed by atoms with van der Waals surface area (Å²) in [5, 5.41) is -0.119.